The lowest BCUT2D eigenvalue weighted by atomic mass is 9.89. The summed E-state index contributed by atoms with van der Waals surface area (Å²) in [5.41, 5.74) is 4.08. The highest BCUT2D eigenvalue weighted by Gasteiger charge is 2.10. The number of rotatable bonds is 3. The Balaban J connectivity index is 2.27. The molecule has 0 radical (unpaired) electrons. The third-order valence-corrected chi connectivity index (χ3v) is 4.19. The van der Waals surface area contributed by atoms with Gasteiger partial charge in [-0.2, -0.15) is 0 Å². The molecule has 20 heavy (non-hydrogen) atoms. The quantitative estimate of drug-likeness (QED) is 0.540. The minimum atomic E-state index is 0.602. The average Bonchev–Trinajstić information content (AvgIpc) is 2.54. The fraction of sp³-hybridized carbons (Fsp3) is 0.200. The van der Waals surface area contributed by atoms with E-state index in [-0.39, 0.29) is 0 Å². The molecule has 1 atom stereocenters. The summed E-state index contributed by atoms with van der Waals surface area (Å²) in [5.74, 6) is 0.602. The Morgan fingerprint density at radius 3 is 2.10 bits per heavy atom. The van der Waals surface area contributed by atoms with Crippen molar-refractivity contribution in [1.29, 1.82) is 0 Å². The molecule has 0 aliphatic heterocycles. The first-order chi connectivity index (χ1) is 9.81. The van der Waals surface area contributed by atoms with E-state index in [1.54, 1.807) is 0 Å². The van der Waals surface area contributed by atoms with Crippen LogP contribution in [0.4, 0.5) is 0 Å². The summed E-state index contributed by atoms with van der Waals surface area (Å²) in [6.45, 7) is 4.56. The standard InChI is InChI=1S/C20H20/c1-3-15(2)17-13-14-18(16-9-5-4-6-10-16)20-12-8-7-11-19(17)20/h4-15H,3H2,1-2H3. The van der Waals surface area contributed by atoms with Crippen LogP contribution in [0, 0.1) is 0 Å². The van der Waals surface area contributed by atoms with Crippen LogP contribution in [0.25, 0.3) is 21.9 Å². The van der Waals surface area contributed by atoms with Crippen LogP contribution in [0.2, 0.25) is 0 Å². The third-order valence-electron chi connectivity index (χ3n) is 4.19. The highest BCUT2D eigenvalue weighted by atomic mass is 14.1. The van der Waals surface area contributed by atoms with Gasteiger partial charge in [0, 0.05) is 0 Å². The summed E-state index contributed by atoms with van der Waals surface area (Å²) in [6, 6.07) is 24.0. The summed E-state index contributed by atoms with van der Waals surface area (Å²) >= 11 is 0. The van der Waals surface area contributed by atoms with Crippen LogP contribution in [0.5, 0.6) is 0 Å². The normalized spacial score (nSPS) is 12.5. The molecule has 3 aromatic rings. The van der Waals surface area contributed by atoms with E-state index in [1.165, 1.54) is 33.9 Å². The number of hydrogen-bond acceptors (Lipinski definition) is 0. The fourth-order valence-corrected chi connectivity index (χ4v) is 2.84. The van der Waals surface area contributed by atoms with E-state index in [0.717, 1.165) is 0 Å². The number of fused-ring (bicyclic) bond motifs is 1. The van der Waals surface area contributed by atoms with Crippen LogP contribution in [-0.4, -0.2) is 0 Å². The lowest BCUT2D eigenvalue weighted by molar-refractivity contribution is 0.740. The highest BCUT2D eigenvalue weighted by Crippen LogP contribution is 2.34. The summed E-state index contributed by atoms with van der Waals surface area (Å²) in [7, 11) is 0. The average molecular weight is 260 g/mol. The van der Waals surface area contributed by atoms with Crippen LogP contribution >= 0.6 is 0 Å². The summed E-state index contributed by atoms with van der Waals surface area (Å²) in [5, 5.41) is 2.75. The molecule has 0 N–H and O–H groups in total. The predicted molar refractivity (Wildman–Crippen MR) is 88.1 cm³/mol. The van der Waals surface area contributed by atoms with Crippen molar-refractivity contribution in [3.8, 4) is 11.1 Å². The molecule has 0 bridgehead atoms. The van der Waals surface area contributed by atoms with Gasteiger partial charge in [-0.05, 0) is 39.8 Å². The first kappa shape index (κ1) is 12.9. The van der Waals surface area contributed by atoms with Gasteiger partial charge in [-0.3, -0.25) is 0 Å². The lowest BCUT2D eigenvalue weighted by Gasteiger charge is -2.15. The second-order valence-electron chi connectivity index (χ2n) is 5.42. The number of hydrogen-bond donors (Lipinski definition) is 0. The lowest BCUT2D eigenvalue weighted by Crippen LogP contribution is -1.94. The van der Waals surface area contributed by atoms with Crippen LogP contribution in [0.1, 0.15) is 31.7 Å². The van der Waals surface area contributed by atoms with Gasteiger partial charge in [0.1, 0.15) is 0 Å². The van der Waals surface area contributed by atoms with E-state index in [0.29, 0.717) is 5.92 Å². The van der Waals surface area contributed by atoms with Crippen LogP contribution in [0.3, 0.4) is 0 Å². The molecule has 0 heteroatoms. The van der Waals surface area contributed by atoms with E-state index in [4.69, 9.17) is 0 Å². The van der Waals surface area contributed by atoms with Gasteiger partial charge in [-0.1, -0.05) is 80.6 Å². The van der Waals surface area contributed by atoms with E-state index < -0.39 is 0 Å². The van der Waals surface area contributed by atoms with Crippen molar-refractivity contribution in [2.75, 3.05) is 0 Å². The highest BCUT2D eigenvalue weighted by molar-refractivity contribution is 5.98. The van der Waals surface area contributed by atoms with E-state index in [1.807, 2.05) is 0 Å². The summed E-state index contributed by atoms with van der Waals surface area (Å²) < 4.78 is 0. The van der Waals surface area contributed by atoms with Crippen LogP contribution in [-0.2, 0) is 0 Å². The first-order valence-electron chi connectivity index (χ1n) is 7.38. The molecule has 1 unspecified atom stereocenters. The molecule has 0 aromatic heterocycles. The maximum atomic E-state index is 2.31. The minimum Gasteiger partial charge on any atom is -0.0648 e. The van der Waals surface area contributed by atoms with Gasteiger partial charge in [0.25, 0.3) is 0 Å². The van der Waals surface area contributed by atoms with Gasteiger partial charge in [0.05, 0.1) is 0 Å². The molecular formula is C20H20. The van der Waals surface area contributed by atoms with E-state index in [2.05, 4.69) is 80.6 Å². The molecule has 0 heterocycles. The van der Waals surface area contributed by atoms with Crippen LogP contribution < -0.4 is 0 Å². The van der Waals surface area contributed by atoms with Gasteiger partial charge < -0.3 is 0 Å². The van der Waals surface area contributed by atoms with E-state index >= 15 is 0 Å². The van der Waals surface area contributed by atoms with Crippen molar-refractivity contribution in [3.05, 3.63) is 72.3 Å². The van der Waals surface area contributed by atoms with Gasteiger partial charge >= 0.3 is 0 Å². The Kier molecular flexibility index (Phi) is 3.56. The first-order valence-corrected chi connectivity index (χ1v) is 7.38. The zero-order chi connectivity index (χ0) is 13.9. The topological polar surface area (TPSA) is 0 Å². The van der Waals surface area contributed by atoms with Crippen molar-refractivity contribution in [3.63, 3.8) is 0 Å². The van der Waals surface area contributed by atoms with Crippen molar-refractivity contribution in [2.45, 2.75) is 26.2 Å². The molecule has 0 aliphatic rings. The molecule has 3 rings (SSSR count). The smallest absolute Gasteiger partial charge is 0.0103 e. The van der Waals surface area contributed by atoms with Crippen molar-refractivity contribution >= 4 is 10.8 Å². The number of benzene rings is 3. The molecule has 3 aromatic carbocycles. The maximum Gasteiger partial charge on any atom is -0.0103 e. The molecule has 0 saturated carbocycles. The Hall–Kier alpha value is -2.08. The minimum absolute atomic E-state index is 0.602. The van der Waals surface area contributed by atoms with Crippen molar-refractivity contribution in [2.24, 2.45) is 0 Å². The Morgan fingerprint density at radius 2 is 1.40 bits per heavy atom. The fourth-order valence-electron chi connectivity index (χ4n) is 2.84. The molecule has 0 aliphatic carbocycles. The zero-order valence-electron chi connectivity index (χ0n) is 12.1. The molecular weight excluding hydrogens is 240 g/mol. The Labute approximate surface area is 121 Å². The molecule has 100 valence electrons. The van der Waals surface area contributed by atoms with Gasteiger partial charge in [0.2, 0.25) is 0 Å². The second-order valence-corrected chi connectivity index (χ2v) is 5.42. The van der Waals surface area contributed by atoms with E-state index in [9.17, 15) is 0 Å². The second kappa shape index (κ2) is 5.50. The van der Waals surface area contributed by atoms with Gasteiger partial charge in [-0.15, -0.1) is 0 Å². The molecule has 0 saturated heterocycles. The largest absolute Gasteiger partial charge is 0.0648 e. The predicted octanol–water partition coefficient (Wildman–Crippen LogP) is 6.02. The SMILES string of the molecule is CCC(C)c1ccc(-c2ccccc2)c2ccccc12. The summed E-state index contributed by atoms with van der Waals surface area (Å²) in [4.78, 5) is 0. The molecule has 0 spiro atoms. The molecule has 0 nitrogen and oxygen atoms in total. The Bertz CT molecular complexity index is 710. The zero-order valence-corrected chi connectivity index (χ0v) is 12.1. The third kappa shape index (κ3) is 2.22. The summed E-state index contributed by atoms with van der Waals surface area (Å²) in [6.07, 6.45) is 1.18. The monoisotopic (exact) mass is 260 g/mol. The van der Waals surface area contributed by atoms with Gasteiger partial charge in [0.15, 0.2) is 0 Å². The molecule has 0 fully saturated rings. The maximum absolute atomic E-state index is 2.31. The Morgan fingerprint density at radius 1 is 0.750 bits per heavy atom. The van der Waals surface area contributed by atoms with Crippen LogP contribution in [0.15, 0.2) is 66.7 Å². The van der Waals surface area contributed by atoms with Gasteiger partial charge in [-0.25, -0.2) is 0 Å². The van der Waals surface area contributed by atoms with Crippen molar-refractivity contribution in [1.82, 2.24) is 0 Å². The van der Waals surface area contributed by atoms with Crippen molar-refractivity contribution < 1.29 is 0 Å². The molecule has 0 amide bonds.